The maximum atomic E-state index is 13.9. The SMILES string of the molecule is CN1CCOc2c1ncc1[nH]c(=O)c(N)c(-c3ccc(F)c(N)c3C=N)c21. The Hall–Kier alpha value is -3.62. The number of rotatable bonds is 2. The molecular weight excluding hydrogens is 351 g/mol. The number of nitrogens with one attached hydrogen (secondary N) is 2. The van der Waals surface area contributed by atoms with E-state index in [0.29, 0.717) is 46.7 Å². The Morgan fingerprint density at radius 3 is 2.89 bits per heavy atom. The molecule has 0 bridgehead atoms. The molecule has 3 heterocycles. The van der Waals surface area contributed by atoms with Crippen molar-refractivity contribution in [3.05, 3.63) is 40.1 Å². The molecule has 1 aromatic carbocycles. The van der Waals surface area contributed by atoms with Crippen LogP contribution in [0.1, 0.15) is 5.56 Å². The zero-order valence-corrected chi connectivity index (χ0v) is 14.5. The first kappa shape index (κ1) is 16.8. The summed E-state index contributed by atoms with van der Waals surface area (Å²) < 4.78 is 19.8. The van der Waals surface area contributed by atoms with Gasteiger partial charge in [0.25, 0.3) is 5.56 Å². The van der Waals surface area contributed by atoms with E-state index in [-0.39, 0.29) is 16.9 Å². The largest absolute Gasteiger partial charge is 0.487 e. The van der Waals surface area contributed by atoms with Crippen LogP contribution in [0.3, 0.4) is 0 Å². The van der Waals surface area contributed by atoms with Crippen LogP contribution in [-0.2, 0) is 0 Å². The summed E-state index contributed by atoms with van der Waals surface area (Å²) in [6, 6.07) is 2.64. The number of ether oxygens (including phenoxy) is 1. The molecule has 3 aromatic rings. The van der Waals surface area contributed by atoms with Gasteiger partial charge in [0, 0.05) is 24.4 Å². The molecule has 4 rings (SSSR count). The van der Waals surface area contributed by atoms with Crippen LogP contribution in [0.4, 0.5) is 21.6 Å². The number of anilines is 3. The van der Waals surface area contributed by atoms with Crippen molar-refractivity contribution < 1.29 is 9.13 Å². The fourth-order valence-electron chi connectivity index (χ4n) is 3.33. The lowest BCUT2D eigenvalue weighted by molar-refractivity contribution is 0.313. The normalized spacial score (nSPS) is 13.3. The van der Waals surface area contributed by atoms with E-state index < -0.39 is 11.4 Å². The first-order chi connectivity index (χ1) is 12.9. The molecule has 2 aromatic heterocycles. The van der Waals surface area contributed by atoms with E-state index in [2.05, 4.69) is 9.97 Å². The molecule has 27 heavy (non-hydrogen) atoms. The van der Waals surface area contributed by atoms with Gasteiger partial charge in [0.2, 0.25) is 0 Å². The van der Waals surface area contributed by atoms with Crippen LogP contribution < -0.4 is 26.7 Å². The smallest absolute Gasteiger partial charge is 0.272 e. The first-order valence-corrected chi connectivity index (χ1v) is 8.21. The molecule has 6 N–H and O–H groups in total. The first-order valence-electron chi connectivity index (χ1n) is 8.21. The Morgan fingerprint density at radius 2 is 2.15 bits per heavy atom. The molecule has 0 saturated carbocycles. The molecule has 9 heteroatoms. The summed E-state index contributed by atoms with van der Waals surface area (Å²) in [5, 5.41) is 8.21. The van der Waals surface area contributed by atoms with Gasteiger partial charge in [-0.3, -0.25) is 4.79 Å². The van der Waals surface area contributed by atoms with Crippen LogP contribution in [-0.4, -0.2) is 36.4 Å². The maximum absolute atomic E-state index is 13.9. The van der Waals surface area contributed by atoms with Crippen molar-refractivity contribution >= 4 is 34.3 Å². The van der Waals surface area contributed by atoms with Gasteiger partial charge in [-0.15, -0.1) is 0 Å². The molecular formula is C18H17FN6O2. The van der Waals surface area contributed by atoms with Gasteiger partial charge in [0.05, 0.1) is 29.3 Å². The van der Waals surface area contributed by atoms with E-state index >= 15 is 0 Å². The number of nitrogens with two attached hydrogens (primary N) is 2. The number of H-pyrrole nitrogens is 1. The van der Waals surface area contributed by atoms with E-state index in [1.807, 2.05) is 11.9 Å². The van der Waals surface area contributed by atoms with Gasteiger partial charge >= 0.3 is 0 Å². The Balaban J connectivity index is 2.20. The minimum Gasteiger partial charge on any atom is -0.487 e. The summed E-state index contributed by atoms with van der Waals surface area (Å²) >= 11 is 0. The molecule has 0 atom stereocenters. The summed E-state index contributed by atoms with van der Waals surface area (Å²) in [6.07, 6.45) is 2.47. The Bertz CT molecular complexity index is 1160. The van der Waals surface area contributed by atoms with E-state index in [0.717, 1.165) is 6.21 Å². The van der Waals surface area contributed by atoms with Gasteiger partial charge < -0.3 is 31.5 Å². The number of fused-ring (bicyclic) bond motifs is 3. The Labute approximate surface area is 153 Å². The number of likely N-dealkylation sites (N-methyl/N-ethyl adjacent to an activating group) is 1. The van der Waals surface area contributed by atoms with Crippen LogP contribution in [0.25, 0.3) is 22.0 Å². The molecule has 1 aliphatic rings. The van der Waals surface area contributed by atoms with E-state index in [4.69, 9.17) is 21.6 Å². The second kappa shape index (κ2) is 5.97. The van der Waals surface area contributed by atoms with E-state index in [9.17, 15) is 9.18 Å². The highest BCUT2D eigenvalue weighted by Crippen LogP contribution is 2.43. The summed E-state index contributed by atoms with van der Waals surface area (Å²) in [7, 11) is 1.88. The molecule has 0 aliphatic carbocycles. The van der Waals surface area contributed by atoms with Crippen molar-refractivity contribution in [3.8, 4) is 16.9 Å². The second-order valence-electron chi connectivity index (χ2n) is 6.28. The number of halogens is 1. The van der Waals surface area contributed by atoms with Gasteiger partial charge in [0.15, 0.2) is 11.6 Å². The predicted molar refractivity (Wildman–Crippen MR) is 103 cm³/mol. The minimum absolute atomic E-state index is 0.0677. The van der Waals surface area contributed by atoms with Crippen molar-refractivity contribution in [1.82, 2.24) is 9.97 Å². The predicted octanol–water partition coefficient (Wildman–Crippen LogP) is 1.72. The average molecular weight is 368 g/mol. The standard InChI is InChI=1S/C18H17FN6O2/c1-25-4-5-27-16-13-11(7-23-17(16)25)24-18(26)15(22)12(13)8-2-3-10(19)14(21)9(8)6-20/h2-3,6-7,20H,4-5,21-22H2,1H3,(H,24,26). The number of nitrogen functional groups attached to an aromatic ring is 2. The van der Waals surface area contributed by atoms with Crippen LogP contribution in [0.15, 0.2) is 23.1 Å². The van der Waals surface area contributed by atoms with Crippen LogP contribution in [0, 0.1) is 11.2 Å². The van der Waals surface area contributed by atoms with Crippen molar-refractivity contribution in [2.75, 3.05) is 36.6 Å². The van der Waals surface area contributed by atoms with Crippen LogP contribution in [0.2, 0.25) is 0 Å². The lowest BCUT2D eigenvalue weighted by Gasteiger charge is -2.28. The monoisotopic (exact) mass is 368 g/mol. The van der Waals surface area contributed by atoms with Gasteiger partial charge in [-0.25, -0.2) is 9.37 Å². The number of hydrogen-bond donors (Lipinski definition) is 4. The maximum Gasteiger partial charge on any atom is 0.272 e. The third-order valence-electron chi connectivity index (χ3n) is 4.71. The zero-order chi connectivity index (χ0) is 19.3. The topological polar surface area (TPSA) is 134 Å². The van der Waals surface area contributed by atoms with Crippen LogP contribution >= 0.6 is 0 Å². The Kier molecular flexibility index (Phi) is 3.72. The van der Waals surface area contributed by atoms with Gasteiger partial charge in [-0.05, 0) is 11.6 Å². The van der Waals surface area contributed by atoms with Gasteiger partial charge in [0.1, 0.15) is 18.1 Å². The van der Waals surface area contributed by atoms with Gasteiger partial charge in [-0.1, -0.05) is 6.07 Å². The highest BCUT2D eigenvalue weighted by Gasteiger charge is 2.25. The fourth-order valence-corrected chi connectivity index (χ4v) is 3.33. The lowest BCUT2D eigenvalue weighted by Crippen LogP contribution is -2.30. The molecule has 8 nitrogen and oxygen atoms in total. The summed E-state index contributed by atoms with van der Waals surface area (Å²) in [5.41, 5.74) is 12.5. The van der Waals surface area contributed by atoms with E-state index in [1.54, 1.807) is 0 Å². The molecule has 0 amide bonds. The second-order valence-corrected chi connectivity index (χ2v) is 6.28. The Morgan fingerprint density at radius 1 is 1.37 bits per heavy atom. The minimum atomic E-state index is -0.648. The number of nitrogens with zero attached hydrogens (tertiary/aromatic N) is 2. The van der Waals surface area contributed by atoms with Crippen molar-refractivity contribution in [2.45, 2.75) is 0 Å². The summed E-state index contributed by atoms with van der Waals surface area (Å²) in [5.74, 6) is 0.426. The quantitative estimate of drug-likeness (QED) is 0.402. The van der Waals surface area contributed by atoms with Crippen molar-refractivity contribution in [3.63, 3.8) is 0 Å². The highest BCUT2D eigenvalue weighted by molar-refractivity contribution is 6.09. The molecule has 0 saturated heterocycles. The number of aromatic nitrogens is 2. The third kappa shape index (κ3) is 2.39. The molecule has 0 fully saturated rings. The zero-order valence-electron chi connectivity index (χ0n) is 14.5. The summed E-state index contributed by atoms with van der Waals surface area (Å²) in [4.78, 5) is 21.4. The summed E-state index contributed by atoms with van der Waals surface area (Å²) in [6.45, 7) is 1.10. The molecule has 1 aliphatic heterocycles. The highest BCUT2D eigenvalue weighted by atomic mass is 19.1. The third-order valence-corrected chi connectivity index (χ3v) is 4.71. The van der Waals surface area contributed by atoms with Crippen molar-refractivity contribution in [1.29, 1.82) is 5.41 Å². The van der Waals surface area contributed by atoms with Crippen molar-refractivity contribution in [2.24, 2.45) is 0 Å². The number of aromatic amines is 1. The number of pyridine rings is 2. The fraction of sp³-hybridized carbons (Fsp3) is 0.167. The van der Waals surface area contributed by atoms with Crippen LogP contribution in [0.5, 0.6) is 5.75 Å². The lowest BCUT2D eigenvalue weighted by atomic mass is 9.94. The average Bonchev–Trinajstić information content (AvgIpc) is 2.65. The van der Waals surface area contributed by atoms with E-state index in [1.165, 1.54) is 18.3 Å². The molecule has 0 spiro atoms. The molecule has 0 unspecified atom stereocenters. The molecule has 0 radical (unpaired) electrons. The van der Waals surface area contributed by atoms with Gasteiger partial charge in [-0.2, -0.15) is 0 Å². The molecule has 138 valence electrons. The number of hydrogen-bond acceptors (Lipinski definition) is 7. The number of benzene rings is 1.